The van der Waals surface area contributed by atoms with Gasteiger partial charge in [0.25, 0.3) is 0 Å². The van der Waals surface area contributed by atoms with Crippen LogP contribution in [0.1, 0.15) is 41.0 Å². The fourth-order valence-corrected chi connectivity index (χ4v) is 4.69. The summed E-state index contributed by atoms with van der Waals surface area (Å²) in [4.78, 5) is 8.83. The lowest BCUT2D eigenvalue weighted by molar-refractivity contribution is 0.249. The highest BCUT2D eigenvalue weighted by molar-refractivity contribution is 7.10. The van der Waals surface area contributed by atoms with Crippen molar-refractivity contribution in [2.24, 2.45) is 12.0 Å². The Labute approximate surface area is 188 Å². The Hall–Kier alpha value is -2.71. The van der Waals surface area contributed by atoms with Crippen molar-refractivity contribution < 1.29 is 0 Å². The van der Waals surface area contributed by atoms with Crippen LogP contribution in [-0.2, 0) is 20.1 Å². The molecule has 7 nitrogen and oxygen atoms in total. The van der Waals surface area contributed by atoms with E-state index in [2.05, 4.69) is 55.4 Å². The highest BCUT2D eigenvalue weighted by atomic mass is 32.1. The first-order valence-corrected chi connectivity index (χ1v) is 11.8. The number of benzene rings is 1. The zero-order valence-electron chi connectivity index (χ0n) is 18.3. The van der Waals surface area contributed by atoms with Crippen LogP contribution in [0.25, 0.3) is 0 Å². The van der Waals surface area contributed by atoms with Crippen LogP contribution in [0.15, 0.2) is 52.8 Å². The van der Waals surface area contributed by atoms with E-state index >= 15 is 0 Å². The maximum atomic E-state index is 4.85. The molecule has 1 saturated heterocycles. The van der Waals surface area contributed by atoms with Crippen molar-refractivity contribution in [3.8, 4) is 0 Å². The Morgan fingerprint density at radius 3 is 2.58 bits per heavy atom. The molecular weight excluding hydrogens is 406 g/mol. The van der Waals surface area contributed by atoms with E-state index in [-0.39, 0.29) is 0 Å². The zero-order valence-corrected chi connectivity index (χ0v) is 19.1. The summed E-state index contributed by atoms with van der Waals surface area (Å²) in [5.74, 6) is 2.59. The smallest absolute Gasteiger partial charge is 0.192 e. The van der Waals surface area contributed by atoms with Crippen LogP contribution < -0.4 is 10.6 Å². The molecule has 31 heavy (non-hydrogen) atoms. The van der Waals surface area contributed by atoms with Crippen LogP contribution in [0.4, 0.5) is 0 Å². The zero-order chi connectivity index (χ0) is 21.5. The van der Waals surface area contributed by atoms with E-state index < -0.39 is 0 Å². The monoisotopic (exact) mass is 437 g/mol. The molecule has 2 N–H and O–H groups in total. The van der Waals surface area contributed by atoms with Gasteiger partial charge in [-0.2, -0.15) is 0 Å². The largest absolute Gasteiger partial charge is 0.354 e. The van der Waals surface area contributed by atoms with Crippen molar-refractivity contribution in [3.63, 3.8) is 0 Å². The molecule has 1 fully saturated rings. The summed E-state index contributed by atoms with van der Waals surface area (Å²) in [7, 11) is 1.99. The van der Waals surface area contributed by atoms with E-state index in [0.717, 1.165) is 37.2 Å². The number of nitrogens with zero attached hydrogens (tertiary/aromatic N) is 5. The molecule has 0 bridgehead atoms. The van der Waals surface area contributed by atoms with Gasteiger partial charge in [0.15, 0.2) is 11.8 Å². The fourth-order valence-electron chi connectivity index (χ4n) is 3.83. The van der Waals surface area contributed by atoms with Crippen LogP contribution in [0, 0.1) is 6.92 Å². The first kappa shape index (κ1) is 21.5. The number of rotatable bonds is 8. The summed E-state index contributed by atoms with van der Waals surface area (Å²) in [5.41, 5.74) is 1.19. The topological polar surface area (TPSA) is 70.4 Å². The molecule has 0 spiro atoms. The molecule has 1 aromatic carbocycles. The summed E-state index contributed by atoms with van der Waals surface area (Å²) in [6, 6.07) is 15.1. The Balaban J connectivity index is 1.46. The summed E-state index contributed by atoms with van der Waals surface area (Å²) in [6.07, 6.45) is 2.56. The van der Waals surface area contributed by atoms with E-state index in [9.17, 15) is 0 Å². The molecule has 8 heteroatoms. The van der Waals surface area contributed by atoms with Crippen molar-refractivity contribution in [3.05, 3.63) is 69.9 Å². The molecule has 3 aromatic rings. The van der Waals surface area contributed by atoms with Gasteiger partial charge < -0.3 is 15.2 Å². The molecule has 1 atom stereocenters. The number of hydrogen-bond acceptors (Lipinski definition) is 5. The summed E-state index contributed by atoms with van der Waals surface area (Å²) >= 11 is 1.83. The van der Waals surface area contributed by atoms with E-state index in [1.165, 1.54) is 23.3 Å². The third-order valence-corrected chi connectivity index (χ3v) is 6.75. The number of nitrogens with one attached hydrogen (secondary N) is 2. The van der Waals surface area contributed by atoms with E-state index in [4.69, 9.17) is 4.99 Å². The first-order valence-electron chi connectivity index (χ1n) is 10.9. The van der Waals surface area contributed by atoms with Crippen molar-refractivity contribution in [1.29, 1.82) is 0 Å². The van der Waals surface area contributed by atoms with Crippen LogP contribution in [0.3, 0.4) is 0 Å². The van der Waals surface area contributed by atoms with Gasteiger partial charge >= 0.3 is 0 Å². The van der Waals surface area contributed by atoms with E-state index in [1.54, 1.807) is 0 Å². The van der Waals surface area contributed by atoms with Gasteiger partial charge in [-0.25, -0.2) is 4.99 Å². The number of thiophene rings is 1. The summed E-state index contributed by atoms with van der Waals surface area (Å²) in [6.45, 7) is 6.30. The second kappa shape index (κ2) is 10.5. The Morgan fingerprint density at radius 2 is 1.90 bits per heavy atom. The average Bonchev–Trinajstić information content (AvgIpc) is 3.56. The highest BCUT2D eigenvalue weighted by Gasteiger charge is 2.24. The molecule has 0 radical (unpaired) electrons. The number of aryl methyl sites for hydroxylation is 1. The van der Waals surface area contributed by atoms with Crippen molar-refractivity contribution in [2.45, 2.75) is 38.9 Å². The minimum atomic E-state index is 0.364. The van der Waals surface area contributed by atoms with Gasteiger partial charge in [-0.15, -0.1) is 21.5 Å². The van der Waals surface area contributed by atoms with Gasteiger partial charge in [0, 0.05) is 18.5 Å². The lowest BCUT2D eigenvalue weighted by Crippen LogP contribution is -2.42. The molecule has 1 aliphatic rings. The van der Waals surface area contributed by atoms with Crippen molar-refractivity contribution in [1.82, 2.24) is 30.3 Å². The number of aliphatic imine (C=N–C) groups is 1. The molecule has 4 rings (SSSR count). The SMILES string of the molecule is Cc1nnc(CNC(=NCc2ccccc2)NCC(c2cccs2)N2CCCC2)n1C. The van der Waals surface area contributed by atoms with Crippen molar-refractivity contribution in [2.75, 3.05) is 19.6 Å². The van der Waals surface area contributed by atoms with Gasteiger partial charge in [-0.1, -0.05) is 36.4 Å². The molecule has 0 amide bonds. The van der Waals surface area contributed by atoms with Crippen molar-refractivity contribution >= 4 is 17.3 Å². The molecule has 1 unspecified atom stereocenters. The normalized spacial score (nSPS) is 15.9. The standard InChI is InChI=1S/C23H31N7S/c1-18-27-28-22(29(18)2)17-26-23(24-15-19-9-4-3-5-10-19)25-16-20(21-11-8-14-31-21)30-12-6-7-13-30/h3-5,8-11,14,20H,6-7,12-13,15-17H2,1-2H3,(H2,24,25,26). The molecule has 0 saturated carbocycles. The molecule has 0 aliphatic carbocycles. The Kier molecular flexibility index (Phi) is 7.32. The second-order valence-electron chi connectivity index (χ2n) is 7.88. The summed E-state index contributed by atoms with van der Waals surface area (Å²) in [5, 5.41) is 17.6. The lowest BCUT2D eigenvalue weighted by Gasteiger charge is -2.27. The minimum absolute atomic E-state index is 0.364. The van der Waals surface area contributed by atoms with Crippen LogP contribution in [0.2, 0.25) is 0 Å². The predicted molar refractivity (Wildman–Crippen MR) is 126 cm³/mol. The van der Waals surface area contributed by atoms with Crippen LogP contribution in [0.5, 0.6) is 0 Å². The second-order valence-corrected chi connectivity index (χ2v) is 8.86. The predicted octanol–water partition coefficient (Wildman–Crippen LogP) is 3.26. The Morgan fingerprint density at radius 1 is 1.10 bits per heavy atom. The van der Waals surface area contributed by atoms with Crippen LogP contribution >= 0.6 is 11.3 Å². The molecule has 3 heterocycles. The third kappa shape index (κ3) is 5.71. The number of aromatic nitrogens is 3. The number of guanidine groups is 1. The first-order chi connectivity index (χ1) is 15.2. The maximum Gasteiger partial charge on any atom is 0.192 e. The number of likely N-dealkylation sites (tertiary alicyclic amines) is 1. The molecule has 164 valence electrons. The quantitative estimate of drug-likeness (QED) is 0.418. The maximum absolute atomic E-state index is 4.85. The third-order valence-electron chi connectivity index (χ3n) is 5.78. The Bertz CT molecular complexity index is 959. The molecule has 1 aliphatic heterocycles. The van der Waals surface area contributed by atoms with Crippen LogP contribution in [-0.4, -0.2) is 45.3 Å². The fraction of sp³-hybridized carbons (Fsp3) is 0.435. The average molecular weight is 438 g/mol. The minimum Gasteiger partial charge on any atom is -0.354 e. The number of hydrogen-bond donors (Lipinski definition) is 2. The highest BCUT2D eigenvalue weighted by Crippen LogP contribution is 2.27. The van der Waals surface area contributed by atoms with Gasteiger partial charge in [-0.3, -0.25) is 4.90 Å². The van der Waals surface area contributed by atoms with Gasteiger partial charge in [0.05, 0.1) is 19.1 Å². The van der Waals surface area contributed by atoms with Gasteiger partial charge in [0.1, 0.15) is 5.82 Å². The van der Waals surface area contributed by atoms with E-state index in [1.807, 2.05) is 48.1 Å². The van der Waals surface area contributed by atoms with Gasteiger partial charge in [-0.05, 0) is 49.9 Å². The van der Waals surface area contributed by atoms with Gasteiger partial charge in [0.2, 0.25) is 0 Å². The summed E-state index contributed by atoms with van der Waals surface area (Å²) < 4.78 is 2.00. The lowest BCUT2D eigenvalue weighted by atomic mass is 10.2. The molecule has 2 aromatic heterocycles. The van der Waals surface area contributed by atoms with E-state index in [0.29, 0.717) is 19.1 Å². The molecular formula is C23H31N7S.